The van der Waals surface area contributed by atoms with Crippen LogP contribution in [-0.2, 0) is 33.4 Å². The van der Waals surface area contributed by atoms with Crippen LogP contribution in [0.25, 0.3) is 0 Å². The Morgan fingerprint density at radius 1 is 0.612 bits per heavy atom. The van der Waals surface area contributed by atoms with Crippen LogP contribution in [0.4, 0.5) is 32.3 Å². The molecule has 0 unspecified atom stereocenters. The Balaban J connectivity index is 0.000000199. The first-order valence-electron chi connectivity index (χ1n) is 22.0. The molecule has 2 fully saturated rings. The molecule has 2 aliphatic rings. The van der Waals surface area contributed by atoms with Gasteiger partial charge in [-0.05, 0) is 99.9 Å². The number of methoxy groups -OCH3 is 1. The molecule has 0 saturated carbocycles. The predicted octanol–water partition coefficient (Wildman–Crippen LogP) is 9.90. The normalized spacial score (nSPS) is 15.3. The SMILES string of the molecule is COc1c(C)cnc(CN(CC2(c3ccc(F)cc3)CCOCC2)c2cc(Cl)nc(N)n2)c1C.Cc1cnc(CN(CC2(c3ccc(F)cc3)CCOCC2)c2cc(Cl)nc(N)n2)c(C)c1Cl. The minimum atomic E-state index is -0.277. The van der Waals surface area contributed by atoms with Gasteiger partial charge in [0.15, 0.2) is 0 Å². The molecule has 0 radical (unpaired) electrons. The van der Waals surface area contributed by atoms with Crippen LogP contribution in [0, 0.1) is 39.3 Å². The van der Waals surface area contributed by atoms with E-state index in [0.717, 1.165) is 76.2 Å². The van der Waals surface area contributed by atoms with E-state index in [0.29, 0.717) is 69.3 Å². The number of ether oxygens (including phenoxy) is 3. The van der Waals surface area contributed by atoms with Gasteiger partial charge < -0.3 is 35.5 Å². The average Bonchev–Trinajstić information content (AvgIpc) is 3.30. The zero-order chi connectivity index (χ0) is 47.9. The first-order valence-corrected chi connectivity index (χ1v) is 23.1. The molecule has 6 heterocycles. The van der Waals surface area contributed by atoms with Gasteiger partial charge in [-0.25, -0.2) is 18.7 Å². The second kappa shape index (κ2) is 21.7. The molecule has 2 aromatic carbocycles. The molecule has 4 N–H and O–H groups in total. The van der Waals surface area contributed by atoms with Crippen molar-refractivity contribution in [2.75, 3.05) is 67.9 Å². The summed E-state index contributed by atoms with van der Waals surface area (Å²) in [5, 5.41) is 1.22. The molecule has 0 spiro atoms. The van der Waals surface area contributed by atoms with Crippen LogP contribution in [0.1, 0.15) is 70.5 Å². The molecule has 0 aliphatic carbocycles. The largest absolute Gasteiger partial charge is 0.496 e. The van der Waals surface area contributed by atoms with Gasteiger partial charge in [0.2, 0.25) is 11.9 Å². The molecular formula is C49H55Cl3F2N10O3. The van der Waals surface area contributed by atoms with Gasteiger partial charge >= 0.3 is 0 Å². The summed E-state index contributed by atoms with van der Waals surface area (Å²) in [7, 11) is 1.66. The molecule has 4 aromatic heterocycles. The first-order chi connectivity index (χ1) is 32.1. The predicted molar refractivity (Wildman–Crippen MR) is 260 cm³/mol. The van der Waals surface area contributed by atoms with E-state index in [9.17, 15) is 8.78 Å². The van der Waals surface area contributed by atoms with Crippen molar-refractivity contribution in [3.63, 3.8) is 0 Å². The molecule has 0 atom stereocenters. The van der Waals surface area contributed by atoms with Gasteiger partial charge in [0.25, 0.3) is 0 Å². The highest BCUT2D eigenvalue weighted by molar-refractivity contribution is 6.32. The Morgan fingerprint density at radius 3 is 1.42 bits per heavy atom. The van der Waals surface area contributed by atoms with Crippen LogP contribution >= 0.6 is 34.8 Å². The topological polar surface area (TPSA) is 164 Å². The fraction of sp³-hybridized carbons (Fsp3) is 0.388. The third kappa shape index (κ3) is 11.8. The average molecular weight is 976 g/mol. The number of nitrogen functional groups attached to an aromatic ring is 2. The van der Waals surface area contributed by atoms with Crippen LogP contribution in [0.5, 0.6) is 5.75 Å². The quantitative estimate of drug-likeness (QED) is 0.105. The summed E-state index contributed by atoms with van der Waals surface area (Å²) >= 11 is 19.0. The third-order valence-corrected chi connectivity index (χ3v) is 13.8. The van der Waals surface area contributed by atoms with Crippen molar-refractivity contribution >= 4 is 58.3 Å². The molecule has 67 heavy (non-hydrogen) atoms. The number of nitrogens with zero attached hydrogens (tertiary/aromatic N) is 8. The van der Waals surface area contributed by atoms with Crippen LogP contribution in [-0.4, -0.2) is 76.5 Å². The van der Waals surface area contributed by atoms with Crippen molar-refractivity contribution in [1.82, 2.24) is 29.9 Å². The van der Waals surface area contributed by atoms with E-state index < -0.39 is 0 Å². The standard InChI is InChI=1S/C25H29ClFN5O2.C24H26Cl2FN5O/c1-16-13-29-20(17(2)23(16)33-3)14-32(22-12-21(26)30-24(28)31-22)15-25(8-10-34-11-9-25)18-4-6-19(27)7-5-18;1-15-12-29-19(16(2)22(15)26)13-32(21-11-20(25)30-23(28)31-21)14-24(7-9-33-10-8-24)17-3-5-18(27)6-4-17/h4-7,12-13H,8-11,14-15H2,1-3H3,(H2,28,30,31);3-6,11-12H,7-10,13-14H2,1-2H3,(H2,28,30,31). The number of aryl methyl sites for hydroxylation is 2. The van der Waals surface area contributed by atoms with Crippen LogP contribution in [0.3, 0.4) is 0 Å². The number of hydrogen-bond acceptors (Lipinski definition) is 13. The van der Waals surface area contributed by atoms with Crippen LogP contribution in [0.2, 0.25) is 15.3 Å². The smallest absolute Gasteiger partial charge is 0.223 e. The van der Waals surface area contributed by atoms with E-state index >= 15 is 0 Å². The third-order valence-electron chi connectivity index (χ3n) is 12.8. The molecule has 6 aromatic rings. The lowest BCUT2D eigenvalue weighted by Crippen LogP contribution is -2.45. The Morgan fingerprint density at radius 2 is 1.01 bits per heavy atom. The molecular weight excluding hydrogens is 921 g/mol. The summed E-state index contributed by atoms with van der Waals surface area (Å²) in [5.74, 6) is 1.68. The number of pyridine rings is 2. The summed E-state index contributed by atoms with van der Waals surface area (Å²) in [6.45, 7) is 12.4. The van der Waals surface area contributed by atoms with Gasteiger partial charge in [0.05, 0.1) is 31.6 Å². The Bertz CT molecular complexity index is 2610. The lowest BCUT2D eigenvalue weighted by molar-refractivity contribution is 0.0519. The summed E-state index contributed by atoms with van der Waals surface area (Å²) in [4.78, 5) is 30.5. The maximum Gasteiger partial charge on any atom is 0.223 e. The fourth-order valence-electron chi connectivity index (χ4n) is 9.05. The highest BCUT2D eigenvalue weighted by atomic mass is 35.5. The first kappa shape index (κ1) is 49.5. The zero-order valence-corrected chi connectivity index (χ0v) is 40.5. The molecule has 13 nitrogen and oxygen atoms in total. The van der Waals surface area contributed by atoms with Crippen molar-refractivity contribution < 1.29 is 23.0 Å². The molecule has 18 heteroatoms. The Kier molecular flexibility index (Phi) is 16.0. The molecule has 0 bridgehead atoms. The number of aromatic nitrogens is 6. The minimum Gasteiger partial charge on any atom is -0.496 e. The summed E-state index contributed by atoms with van der Waals surface area (Å²) < 4.78 is 44.4. The number of anilines is 4. The summed E-state index contributed by atoms with van der Waals surface area (Å²) in [6.07, 6.45) is 6.72. The van der Waals surface area contributed by atoms with Crippen molar-refractivity contribution in [2.45, 2.75) is 77.3 Å². The maximum absolute atomic E-state index is 13.7. The van der Waals surface area contributed by atoms with Crippen molar-refractivity contribution in [3.8, 4) is 5.75 Å². The van der Waals surface area contributed by atoms with Gasteiger partial charge in [-0.3, -0.25) is 9.97 Å². The maximum atomic E-state index is 13.7. The van der Waals surface area contributed by atoms with Gasteiger partial charge in [-0.2, -0.15) is 9.97 Å². The van der Waals surface area contributed by atoms with E-state index in [1.807, 2.05) is 58.2 Å². The van der Waals surface area contributed by atoms with Crippen LogP contribution in [0.15, 0.2) is 73.1 Å². The second-order valence-corrected chi connectivity index (χ2v) is 18.4. The zero-order valence-electron chi connectivity index (χ0n) is 38.3. The molecule has 8 rings (SSSR count). The van der Waals surface area contributed by atoms with E-state index in [2.05, 4.69) is 34.7 Å². The highest BCUT2D eigenvalue weighted by Crippen LogP contribution is 2.40. The number of nitrogens with two attached hydrogens (primary N) is 2. The highest BCUT2D eigenvalue weighted by Gasteiger charge is 2.39. The van der Waals surface area contributed by atoms with Gasteiger partial charge in [0, 0.05) is 91.0 Å². The van der Waals surface area contributed by atoms with Crippen LogP contribution < -0.4 is 26.0 Å². The number of benzene rings is 2. The summed E-state index contributed by atoms with van der Waals surface area (Å²) in [6, 6.07) is 16.8. The Hall–Kier alpha value is -5.45. The van der Waals surface area contributed by atoms with Gasteiger partial charge in [0.1, 0.15) is 39.3 Å². The Labute approximate surface area is 405 Å². The van der Waals surface area contributed by atoms with Gasteiger partial charge in [-0.15, -0.1) is 0 Å². The van der Waals surface area contributed by atoms with E-state index in [4.69, 9.17) is 65.5 Å². The lowest BCUT2D eigenvalue weighted by Gasteiger charge is -2.42. The monoisotopic (exact) mass is 974 g/mol. The van der Waals surface area contributed by atoms with E-state index in [1.165, 1.54) is 24.3 Å². The van der Waals surface area contributed by atoms with Gasteiger partial charge in [-0.1, -0.05) is 59.1 Å². The van der Waals surface area contributed by atoms with Crippen molar-refractivity contribution in [3.05, 3.63) is 145 Å². The summed E-state index contributed by atoms with van der Waals surface area (Å²) in [5.41, 5.74) is 18.9. The number of halogens is 5. The molecule has 354 valence electrons. The van der Waals surface area contributed by atoms with E-state index in [1.54, 1.807) is 25.4 Å². The lowest BCUT2D eigenvalue weighted by atomic mass is 9.73. The second-order valence-electron chi connectivity index (χ2n) is 17.2. The molecule has 0 amide bonds. The number of rotatable bonds is 13. The van der Waals surface area contributed by atoms with Crippen molar-refractivity contribution in [2.24, 2.45) is 0 Å². The minimum absolute atomic E-state index is 0.0944. The van der Waals surface area contributed by atoms with E-state index in [-0.39, 0.29) is 44.7 Å². The molecule has 2 aliphatic heterocycles. The number of hydrogen-bond donors (Lipinski definition) is 2. The van der Waals surface area contributed by atoms with Crippen molar-refractivity contribution in [1.29, 1.82) is 0 Å². The molecule has 2 saturated heterocycles. The fourth-order valence-corrected chi connectivity index (χ4v) is 9.57.